The van der Waals surface area contributed by atoms with Crippen LogP contribution in [0.25, 0.3) is 0 Å². The number of aromatic nitrogens is 1. The number of nitrogens with zero attached hydrogens (tertiary/aromatic N) is 1. The highest BCUT2D eigenvalue weighted by molar-refractivity contribution is 5.87. The van der Waals surface area contributed by atoms with E-state index in [0.717, 1.165) is 18.4 Å². The lowest BCUT2D eigenvalue weighted by Gasteiger charge is -2.26. The molecule has 15 heavy (non-hydrogen) atoms. The van der Waals surface area contributed by atoms with Crippen molar-refractivity contribution in [1.29, 1.82) is 0 Å². The molecule has 1 aromatic rings. The SMILES string of the molecule is COc1ccc(C2CCC2)c(C(=O)O)n1. The summed E-state index contributed by atoms with van der Waals surface area (Å²) in [6.45, 7) is 0. The quantitative estimate of drug-likeness (QED) is 0.824. The Hall–Kier alpha value is -1.58. The Balaban J connectivity index is 2.39. The van der Waals surface area contributed by atoms with Crippen LogP contribution in [0.2, 0.25) is 0 Å². The van der Waals surface area contributed by atoms with E-state index in [4.69, 9.17) is 9.84 Å². The molecule has 4 heteroatoms. The second-order valence-electron chi connectivity index (χ2n) is 3.72. The van der Waals surface area contributed by atoms with Gasteiger partial charge in [0.1, 0.15) is 0 Å². The van der Waals surface area contributed by atoms with Crippen molar-refractivity contribution in [3.8, 4) is 5.88 Å². The molecule has 1 aliphatic carbocycles. The van der Waals surface area contributed by atoms with Crippen molar-refractivity contribution in [2.24, 2.45) is 0 Å². The third-order valence-electron chi connectivity index (χ3n) is 2.86. The third-order valence-corrected chi connectivity index (χ3v) is 2.86. The van der Waals surface area contributed by atoms with E-state index >= 15 is 0 Å². The number of rotatable bonds is 3. The molecule has 0 atom stereocenters. The van der Waals surface area contributed by atoms with E-state index in [9.17, 15) is 4.79 Å². The average Bonchev–Trinajstić information content (AvgIpc) is 2.15. The molecular formula is C11H13NO3. The molecule has 2 rings (SSSR count). The van der Waals surface area contributed by atoms with Gasteiger partial charge in [-0.15, -0.1) is 0 Å². The van der Waals surface area contributed by atoms with Gasteiger partial charge < -0.3 is 9.84 Å². The highest BCUT2D eigenvalue weighted by Crippen LogP contribution is 2.38. The van der Waals surface area contributed by atoms with Gasteiger partial charge in [-0.25, -0.2) is 9.78 Å². The van der Waals surface area contributed by atoms with Crippen LogP contribution < -0.4 is 4.74 Å². The summed E-state index contributed by atoms with van der Waals surface area (Å²) < 4.78 is 4.92. The number of methoxy groups -OCH3 is 1. The van der Waals surface area contributed by atoms with Crippen molar-refractivity contribution in [2.45, 2.75) is 25.2 Å². The molecule has 1 N–H and O–H groups in total. The Kier molecular flexibility index (Phi) is 2.58. The molecule has 0 aliphatic heterocycles. The lowest BCUT2D eigenvalue weighted by Crippen LogP contribution is -2.15. The molecule has 0 amide bonds. The van der Waals surface area contributed by atoms with Gasteiger partial charge in [-0.2, -0.15) is 0 Å². The Labute approximate surface area is 87.9 Å². The number of carboxylic acid groups (broad SMARTS) is 1. The van der Waals surface area contributed by atoms with E-state index in [2.05, 4.69) is 4.98 Å². The van der Waals surface area contributed by atoms with Gasteiger partial charge in [0.2, 0.25) is 5.88 Å². The van der Waals surface area contributed by atoms with Crippen molar-refractivity contribution in [1.82, 2.24) is 4.98 Å². The molecule has 0 unspecified atom stereocenters. The van der Waals surface area contributed by atoms with Gasteiger partial charge in [0, 0.05) is 6.07 Å². The Morgan fingerprint density at radius 3 is 2.73 bits per heavy atom. The summed E-state index contributed by atoms with van der Waals surface area (Å²) in [5.74, 6) is -0.249. The summed E-state index contributed by atoms with van der Waals surface area (Å²) in [4.78, 5) is 15.0. The number of hydrogen-bond donors (Lipinski definition) is 1. The first-order chi connectivity index (χ1) is 7.22. The monoisotopic (exact) mass is 207 g/mol. The number of hydrogen-bond acceptors (Lipinski definition) is 3. The van der Waals surface area contributed by atoms with Crippen molar-refractivity contribution in [2.75, 3.05) is 7.11 Å². The normalized spacial score (nSPS) is 15.8. The van der Waals surface area contributed by atoms with E-state index < -0.39 is 5.97 Å². The van der Waals surface area contributed by atoms with Gasteiger partial charge in [0.25, 0.3) is 0 Å². The van der Waals surface area contributed by atoms with Crippen molar-refractivity contribution in [3.63, 3.8) is 0 Å². The number of carboxylic acids is 1. The van der Waals surface area contributed by atoms with Gasteiger partial charge in [0.15, 0.2) is 5.69 Å². The van der Waals surface area contributed by atoms with E-state index in [1.807, 2.05) is 6.07 Å². The zero-order chi connectivity index (χ0) is 10.8. The summed E-state index contributed by atoms with van der Waals surface area (Å²) in [6.07, 6.45) is 3.30. The van der Waals surface area contributed by atoms with Crippen LogP contribution in [0.4, 0.5) is 0 Å². The Morgan fingerprint density at radius 2 is 2.27 bits per heavy atom. The molecule has 0 radical (unpaired) electrons. The lowest BCUT2D eigenvalue weighted by molar-refractivity contribution is 0.0686. The fourth-order valence-corrected chi connectivity index (χ4v) is 1.79. The first kappa shape index (κ1) is 9.96. The molecule has 1 saturated carbocycles. The summed E-state index contributed by atoms with van der Waals surface area (Å²) in [6, 6.07) is 3.54. The number of pyridine rings is 1. The van der Waals surface area contributed by atoms with Crippen molar-refractivity contribution in [3.05, 3.63) is 23.4 Å². The maximum absolute atomic E-state index is 11.0. The lowest BCUT2D eigenvalue weighted by atomic mass is 9.79. The fraction of sp³-hybridized carbons (Fsp3) is 0.455. The Bertz CT molecular complexity index is 385. The number of ether oxygens (including phenoxy) is 1. The maximum atomic E-state index is 11.0. The summed E-state index contributed by atoms with van der Waals surface area (Å²) in [5.41, 5.74) is 0.980. The first-order valence-corrected chi connectivity index (χ1v) is 5.00. The molecule has 0 aromatic carbocycles. The standard InChI is InChI=1S/C11H13NO3/c1-15-9-6-5-8(7-3-2-4-7)10(12-9)11(13)14/h5-7H,2-4H2,1H3,(H,13,14). The topological polar surface area (TPSA) is 59.4 Å². The highest BCUT2D eigenvalue weighted by atomic mass is 16.5. The summed E-state index contributed by atoms with van der Waals surface area (Å²) in [7, 11) is 1.48. The predicted octanol–water partition coefficient (Wildman–Crippen LogP) is 2.06. The molecule has 0 spiro atoms. The minimum Gasteiger partial charge on any atom is -0.481 e. The fourth-order valence-electron chi connectivity index (χ4n) is 1.79. The average molecular weight is 207 g/mol. The van der Waals surface area contributed by atoms with Crippen molar-refractivity contribution >= 4 is 5.97 Å². The molecule has 4 nitrogen and oxygen atoms in total. The summed E-state index contributed by atoms with van der Waals surface area (Å²) >= 11 is 0. The molecule has 0 bridgehead atoms. The predicted molar refractivity (Wildman–Crippen MR) is 54.3 cm³/mol. The minimum absolute atomic E-state index is 0.138. The van der Waals surface area contributed by atoms with E-state index in [-0.39, 0.29) is 5.69 Å². The van der Waals surface area contributed by atoms with Gasteiger partial charge in [0.05, 0.1) is 7.11 Å². The molecule has 0 saturated heterocycles. The van der Waals surface area contributed by atoms with Gasteiger partial charge >= 0.3 is 5.97 Å². The minimum atomic E-state index is -0.976. The zero-order valence-corrected chi connectivity index (χ0v) is 8.56. The van der Waals surface area contributed by atoms with Crippen LogP contribution in [-0.4, -0.2) is 23.2 Å². The first-order valence-electron chi connectivity index (χ1n) is 5.00. The van der Waals surface area contributed by atoms with Crippen LogP contribution in [0.15, 0.2) is 12.1 Å². The summed E-state index contributed by atoms with van der Waals surface area (Å²) in [5, 5.41) is 9.04. The zero-order valence-electron chi connectivity index (χ0n) is 8.56. The molecule has 80 valence electrons. The smallest absolute Gasteiger partial charge is 0.354 e. The third kappa shape index (κ3) is 1.79. The number of aromatic carboxylic acids is 1. The van der Waals surface area contributed by atoms with Crippen LogP contribution in [0, 0.1) is 0 Å². The molecule has 1 heterocycles. The highest BCUT2D eigenvalue weighted by Gasteiger charge is 2.25. The second kappa shape index (κ2) is 3.88. The van der Waals surface area contributed by atoms with Crippen LogP contribution in [0.1, 0.15) is 41.2 Å². The number of carbonyl (C=O) groups is 1. The van der Waals surface area contributed by atoms with Crippen LogP contribution in [0.3, 0.4) is 0 Å². The molecule has 1 fully saturated rings. The van der Waals surface area contributed by atoms with Gasteiger partial charge in [-0.1, -0.05) is 12.5 Å². The van der Waals surface area contributed by atoms with E-state index in [0.29, 0.717) is 11.8 Å². The van der Waals surface area contributed by atoms with Gasteiger partial charge in [-0.05, 0) is 24.3 Å². The van der Waals surface area contributed by atoms with Gasteiger partial charge in [-0.3, -0.25) is 0 Å². The van der Waals surface area contributed by atoms with Crippen LogP contribution >= 0.6 is 0 Å². The molecule has 1 aliphatic rings. The van der Waals surface area contributed by atoms with E-state index in [1.165, 1.54) is 13.5 Å². The van der Waals surface area contributed by atoms with Crippen LogP contribution in [-0.2, 0) is 0 Å². The molecule has 1 aromatic heterocycles. The second-order valence-corrected chi connectivity index (χ2v) is 3.72. The largest absolute Gasteiger partial charge is 0.481 e. The van der Waals surface area contributed by atoms with Crippen LogP contribution in [0.5, 0.6) is 5.88 Å². The van der Waals surface area contributed by atoms with Crippen molar-refractivity contribution < 1.29 is 14.6 Å². The Morgan fingerprint density at radius 1 is 1.53 bits per heavy atom. The molecular weight excluding hydrogens is 194 g/mol. The maximum Gasteiger partial charge on any atom is 0.354 e. The van der Waals surface area contributed by atoms with E-state index in [1.54, 1.807) is 6.07 Å².